The molecule has 128 valence electrons. The lowest BCUT2D eigenvalue weighted by Crippen LogP contribution is -2.75. The van der Waals surface area contributed by atoms with Crippen molar-refractivity contribution in [3.05, 3.63) is 34.1 Å². The molecule has 23 heavy (non-hydrogen) atoms. The van der Waals surface area contributed by atoms with Crippen LogP contribution < -0.4 is 11.1 Å². The molecule has 0 saturated heterocycles. The first-order chi connectivity index (χ1) is 10.7. The number of hydrogen-bond acceptors (Lipinski definition) is 3. The molecule has 0 aromatic heterocycles. The van der Waals surface area contributed by atoms with Gasteiger partial charge in [0.15, 0.2) is 0 Å². The Hall–Kier alpha value is -0.980. The molecule has 0 spiro atoms. The molecule has 0 aliphatic heterocycles. The van der Waals surface area contributed by atoms with Crippen LogP contribution in [0.25, 0.3) is 0 Å². The molecule has 1 saturated carbocycles. The lowest BCUT2D eigenvalue weighted by Gasteiger charge is -2.57. The molecule has 1 aromatic carbocycles. The summed E-state index contributed by atoms with van der Waals surface area (Å²) in [5, 5.41) is 2.84. The molecule has 3 N–H and O–H groups in total. The fourth-order valence-corrected chi connectivity index (χ4v) is 3.43. The molecule has 0 bridgehead atoms. The van der Waals surface area contributed by atoms with Crippen LogP contribution >= 0.6 is 15.9 Å². The summed E-state index contributed by atoms with van der Waals surface area (Å²) in [5.74, 6) is -0.473. The topological polar surface area (TPSA) is 64.3 Å². The summed E-state index contributed by atoms with van der Waals surface area (Å²) in [5.41, 5.74) is 5.50. The number of nitrogens with two attached hydrogens (primary N) is 1. The highest BCUT2D eigenvalue weighted by Crippen LogP contribution is 2.49. The van der Waals surface area contributed by atoms with Gasteiger partial charge in [-0.1, -0.05) is 29.8 Å². The maximum Gasteiger partial charge on any atom is 0.240 e. The zero-order valence-electron chi connectivity index (χ0n) is 13.8. The average Bonchev–Trinajstić information content (AvgIpc) is 2.50. The zero-order valence-corrected chi connectivity index (χ0v) is 15.4. The van der Waals surface area contributed by atoms with Crippen molar-refractivity contribution in [2.45, 2.75) is 45.3 Å². The quantitative estimate of drug-likeness (QED) is 0.789. The third kappa shape index (κ3) is 3.44. The minimum absolute atomic E-state index is 0.00854. The monoisotopic (exact) mass is 386 g/mol. The smallest absolute Gasteiger partial charge is 0.240 e. The van der Waals surface area contributed by atoms with E-state index in [-0.39, 0.29) is 17.8 Å². The number of rotatable bonds is 6. The van der Waals surface area contributed by atoms with Crippen LogP contribution in [0.15, 0.2) is 22.7 Å². The number of nitrogens with one attached hydrogen (secondary N) is 1. The summed E-state index contributed by atoms with van der Waals surface area (Å²) in [6.45, 7) is 6.78. The number of amides is 1. The number of ether oxygens (including phenoxy) is 1. The van der Waals surface area contributed by atoms with Crippen molar-refractivity contribution in [2.75, 3.05) is 13.2 Å². The Labute approximate surface area is 145 Å². The SMILES string of the molecule is CCOC1CC(N)(C(=O)NCCc2cc(Br)ccc2F)C1(C)C. The van der Waals surface area contributed by atoms with Crippen molar-refractivity contribution in [1.29, 1.82) is 0 Å². The van der Waals surface area contributed by atoms with E-state index in [1.54, 1.807) is 12.1 Å². The van der Waals surface area contributed by atoms with E-state index in [0.29, 0.717) is 31.6 Å². The third-order valence-corrected chi connectivity index (χ3v) is 5.42. The van der Waals surface area contributed by atoms with Gasteiger partial charge in [-0.15, -0.1) is 0 Å². The Kier molecular flexibility index (Phi) is 5.48. The van der Waals surface area contributed by atoms with E-state index < -0.39 is 11.0 Å². The number of carbonyl (C=O) groups is 1. The van der Waals surface area contributed by atoms with Crippen molar-refractivity contribution in [3.63, 3.8) is 0 Å². The molecule has 1 aromatic rings. The van der Waals surface area contributed by atoms with Crippen LogP contribution in [0, 0.1) is 11.2 Å². The Morgan fingerprint density at radius 3 is 2.83 bits per heavy atom. The lowest BCUT2D eigenvalue weighted by molar-refractivity contribution is -0.170. The molecule has 6 heteroatoms. The molecule has 2 unspecified atom stereocenters. The van der Waals surface area contributed by atoms with Crippen LogP contribution in [0.4, 0.5) is 4.39 Å². The summed E-state index contributed by atoms with van der Waals surface area (Å²) in [6.07, 6.45) is 0.915. The standard InChI is InChI=1S/C17H24BrFN2O2/c1-4-23-14-10-17(20,16(14,2)3)15(22)21-8-7-11-9-12(18)5-6-13(11)19/h5-6,9,14H,4,7-8,10,20H2,1-3H3,(H,21,22). The van der Waals surface area contributed by atoms with Gasteiger partial charge in [-0.25, -0.2) is 4.39 Å². The molecule has 1 aliphatic rings. The average molecular weight is 387 g/mol. The van der Waals surface area contributed by atoms with E-state index in [1.807, 2.05) is 20.8 Å². The number of hydrogen-bond donors (Lipinski definition) is 2. The van der Waals surface area contributed by atoms with E-state index in [0.717, 1.165) is 4.47 Å². The Balaban J connectivity index is 1.91. The molecule has 1 fully saturated rings. The molecular weight excluding hydrogens is 363 g/mol. The fourth-order valence-electron chi connectivity index (χ4n) is 3.02. The van der Waals surface area contributed by atoms with Gasteiger partial charge in [-0.05, 0) is 37.1 Å². The second-order valence-corrected chi connectivity index (χ2v) is 7.50. The van der Waals surface area contributed by atoms with Crippen LogP contribution in [0.3, 0.4) is 0 Å². The maximum absolute atomic E-state index is 13.7. The highest BCUT2D eigenvalue weighted by molar-refractivity contribution is 9.10. The van der Waals surface area contributed by atoms with Crippen molar-refractivity contribution in [3.8, 4) is 0 Å². The Morgan fingerprint density at radius 1 is 1.52 bits per heavy atom. The fraction of sp³-hybridized carbons (Fsp3) is 0.588. The minimum Gasteiger partial charge on any atom is -0.378 e. The van der Waals surface area contributed by atoms with E-state index in [9.17, 15) is 9.18 Å². The van der Waals surface area contributed by atoms with Crippen LogP contribution in [-0.2, 0) is 16.0 Å². The van der Waals surface area contributed by atoms with Crippen molar-refractivity contribution >= 4 is 21.8 Å². The highest BCUT2D eigenvalue weighted by Gasteiger charge is 2.62. The van der Waals surface area contributed by atoms with E-state index in [1.165, 1.54) is 6.07 Å². The lowest BCUT2D eigenvalue weighted by atomic mass is 9.54. The maximum atomic E-state index is 13.7. The van der Waals surface area contributed by atoms with Gasteiger partial charge < -0.3 is 15.8 Å². The van der Waals surface area contributed by atoms with Gasteiger partial charge in [-0.2, -0.15) is 0 Å². The van der Waals surface area contributed by atoms with Crippen LogP contribution in [0.1, 0.15) is 32.8 Å². The molecule has 2 rings (SSSR count). The predicted octanol–water partition coefficient (Wildman–Crippen LogP) is 2.78. The van der Waals surface area contributed by atoms with Gasteiger partial charge in [0.25, 0.3) is 0 Å². The Bertz CT molecular complexity index is 594. The first-order valence-corrected chi connectivity index (χ1v) is 8.64. The first-order valence-electron chi connectivity index (χ1n) is 7.85. The van der Waals surface area contributed by atoms with Gasteiger partial charge in [0.1, 0.15) is 11.4 Å². The second-order valence-electron chi connectivity index (χ2n) is 6.58. The number of carbonyl (C=O) groups excluding carboxylic acids is 1. The molecule has 1 aliphatic carbocycles. The van der Waals surface area contributed by atoms with Crippen molar-refractivity contribution < 1.29 is 13.9 Å². The normalized spacial score (nSPS) is 25.7. The van der Waals surface area contributed by atoms with Crippen LogP contribution in [-0.4, -0.2) is 30.7 Å². The molecule has 1 amide bonds. The predicted molar refractivity (Wildman–Crippen MR) is 91.5 cm³/mol. The summed E-state index contributed by atoms with van der Waals surface area (Å²) >= 11 is 3.32. The van der Waals surface area contributed by atoms with Crippen molar-refractivity contribution in [2.24, 2.45) is 11.1 Å². The second kappa shape index (κ2) is 6.87. The van der Waals surface area contributed by atoms with E-state index in [2.05, 4.69) is 21.2 Å². The number of halogens is 2. The molecule has 0 heterocycles. The highest BCUT2D eigenvalue weighted by atomic mass is 79.9. The zero-order chi connectivity index (χ0) is 17.3. The molecular formula is C17H24BrFN2O2. The summed E-state index contributed by atoms with van der Waals surface area (Å²) in [4.78, 5) is 12.5. The van der Waals surface area contributed by atoms with Crippen molar-refractivity contribution in [1.82, 2.24) is 5.32 Å². The molecule has 4 nitrogen and oxygen atoms in total. The van der Waals surface area contributed by atoms with E-state index >= 15 is 0 Å². The van der Waals surface area contributed by atoms with Gasteiger partial charge in [0.2, 0.25) is 5.91 Å². The summed E-state index contributed by atoms with van der Waals surface area (Å²) in [6, 6.07) is 4.78. The van der Waals surface area contributed by atoms with Gasteiger partial charge >= 0.3 is 0 Å². The van der Waals surface area contributed by atoms with E-state index in [4.69, 9.17) is 10.5 Å². The summed E-state index contributed by atoms with van der Waals surface area (Å²) in [7, 11) is 0. The Morgan fingerprint density at radius 2 is 2.22 bits per heavy atom. The van der Waals surface area contributed by atoms with Crippen LogP contribution in [0.5, 0.6) is 0 Å². The van der Waals surface area contributed by atoms with Gasteiger partial charge in [-0.3, -0.25) is 4.79 Å². The largest absolute Gasteiger partial charge is 0.378 e. The van der Waals surface area contributed by atoms with Crippen LogP contribution in [0.2, 0.25) is 0 Å². The number of benzene rings is 1. The van der Waals surface area contributed by atoms with Gasteiger partial charge in [0.05, 0.1) is 6.10 Å². The van der Waals surface area contributed by atoms with Gasteiger partial charge in [0, 0.05) is 29.5 Å². The molecule has 2 atom stereocenters. The first kappa shape index (κ1) is 18.4. The summed E-state index contributed by atoms with van der Waals surface area (Å²) < 4.78 is 20.1. The minimum atomic E-state index is -0.942. The third-order valence-electron chi connectivity index (χ3n) is 4.92. The molecule has 0 radical (unpaired) electrons.